The molecule has 7 nitrogen and oxygen atoms in total. The van der Waals surface area contributed by atoms with E-state index >= 15 is 0 Å². The van der Waals surface area contributed by atoms with Crippen molar-refractivity contribution >= 4 is 5.65 Å². The Labute approximate surface area is 144 Å². The van der Waals surface area contributed by atoms with Gasteiger partial charge in [0.2, 0.25) is 0 Å². The van der Waals surface area contributed by atoms with Crippen molar-refractivity contribution in [2.75, 3.05) is 13.2 Å². The van der Waals surface area contributed by atoms with Gasteiger partial charge in [0.25, 0.3) is 0 Å². The van der Waals surface area contributed by atoms with Crippen LogP contribution in [0.1, 0.15) is 16.7 Å². The molecule has 0 unspecified atom stereocenters. The molecule has 3 aromatic rings. The molecule has 0 amide bonds. The fraction of sp³-hybridized carbons (Fsp3) is 0.278. The van der Waals surface area contributed by atoms with Crippen LogP contribution in [-0.2, 0) is 13.0 Å². The number of para-hydroxylation sites is 1. The van der Waals surface area contributed by atoms with Gasteiger partial charge in [-0.2, -0.15) is 10.4 Å². The first-order chi connectivity index (χ1) is 12.2. The number of hydrogen-bond acceptors (Lipinski definition) is 6. The van der Waals surface area contributed by atoms with E-state index < -0.39 is 5.54 Å². The fourth-order valence-electron chi connectivity index (χ4n) is 3.07. The van der Waals surface area contributed by atoms with Gasteiger partial charge in [0.05, 0.1) is 18.3 Å². The Kier molecular flexibility index (Phi) is 3.84. The number of ether oxygens (including phenoxy) is 1. The highest BCUT2D eigenvalue weighted by atomic mass is 16.5. The van der Waals surface area contributed by atoms with Crippen LogP contribution in [0.5, 0.6) is 5.75 Å². The van der Waals surface area contributed by atoms with Crippen molar-refractivity contribution in [1.29, 1.82) is 5.26 Å². The first kappa shape index (κ1) is 15.6. The maximum Gasteiger partial charge on any atom is 0.172 e. The van der Waals surface area contributed by atoms with E-state index in [2.05, 4.69) is 21.5 Å². The zero-order valence-corrected chi connectivity index (χ0v) is 13.5. The largest absolute Gasteiger partial charge is 0.491 e. The SMILES string of the molecule is N#Cc1cnn2cc(CN[C@]3(CO)COc4ccccc4C3)cnc12. The topological polar surface area (TPSA) is 95.5 Å². The Bertz CT molecular complexity index is 961. The lowest BCUT2D eigenvalue weighted by molar-refractivity contribution is 0.0860. The van der Waals surface area contributed by atoms with E-state index in [9.17, 15) is 5.11 Å². The summed E-state index contributed by atoms with van der Waals surface area (Å²) >= 11 is 0. The molecule has 2 N–H and O–H groups in total. The molecule has 1 aromatic carbocycles. The Morgan fingerprint density at radius 1 is 1.36 bits per heavy atom. The number of aromatic nitrogens is 3. The van der Waals surface area contributed by atoms with Crippen molar-refractivity contribution in [3.05, 3.63) is 59.5 Å². The van der Waals surface area contributed by atoms with E-state index in [-0.39, 0.29) is 6.61 Å². The van der Waals surface area contributed by atoms with Crippen molar-refractivity contribution in [1.82, 2.24) is 19.9 Å². The van der Waals surface area contributed by atoms with E-state index in [1.165, 1.54) is 6.20 Å². The van der Waals surface area contributed by atoms with Crippen molar-refractivity contribution in [3.63, 3.8) is 0 Å². The second-order valence-corrected chi connectivity index (χ2v) is 6.27. The van der Waals surface area contributed by atoms with Crippen LogP contribution in [0.2, 0.25) is 0 Å². The molecule has 0 spiro atoms. The van der Waals surface area contributed by atoms with Gasteiger partial charge in [-0.25, -0.2) is 9.50 Å². The molecule has 1 atom stereocenters. The Balaban J connectivity index is 1.53. The normalized spacial score (nSPS) is 19.2. The van der Waals surface area contributed by atoms with Crippen LogP contribution in [0.15, 0.2) is 42.9 Å². The van der Waals surface area contributed by atoms with Crippen molar-refractivity contribution in [2.24, 2.45) is 0 Å². The zero-order chi connectivity index (χ0) is 17.3. The van der Waals surface area contributed by atoms with Gasteiger partial charge < -0.3 is 15.2 Å². The van der Waals surface area contributed by atoms with E-state index in [1.807, 2.05) is 30.5 Å². The minimum atomic E-state index is -0.536. The lowest BCUT2D eigenvalue weighted by Gasteiger charge is -2.37. The monoisotopic (exact) mass is 335 g/mol. The van der Waals surface area contributed by atoms with Gasteiger partial charge in [0.1, 0.15) is 24.0 Å². The summed E-state index contributed by atoms with van der Waals surface area (Å²) in [5, 5.41) is 26.5. The van der Waals surface area contributed by atoms with E-state index in [0.717, 1.165) is 16.9 Å². The molecule has 1 aliphatic rings. The molecule has 1 aliphatic heterocycles. The van der Waals surface area contributed by atoms with E-state index in [1.54, 1.807) is 10.7 Å². The lowest BCUT2D eigenvalue weighted by atomic mass is 9.89. The summed E-state index contributed by atoms with van der Waals surface area (Å²) in [6.07, 6.45) is 5.74. The highest BCUT2D eigenvalue weighted by molar-refractivity contribution is 5.53. The molecular weight excluding hydrogens is 318 g/mol. The van der Waals surface area contributed by atoms with Crippen molar-refractivity contribution in [3.8, 4) is 11.8 Å². The average Bonchev–Trinajstić information content (AvgIpc) is 3.08. The maximum atomic E-state index is 9.94. The number of nitriles is 1. The lowest BCUT2D eigenvalue weighted by Crippen LogP contribution is -2.56. The third-order valence-electron chi connectivity index (χ3n) is 4.51. The molecule has 0 saturated heterocycles. The first-order valence-electron chi connectivity index (χ1n) is 8.02. The van der Waals surface area contributed by atoms with Crippen LogP contribution in [0.25, 0.3) is 5.65 Å². The van der Waals surface area contributed by atoms with Crippen LogP contribution in [-0.4, -0.2) is 38.5 Å². The second-order valence-electron chi connectivity index (χ2n) is 6.27. The summed E-state index contributed by atoms with van der Waals surface area (Å²) in [5.74, 6) is 0.872. The van der Waals surface area contributed by atoms with E-state index in [0.29, 0.717) is 30.8 Å². The van der Waals surface area contributed by atoms with Gasteiger partial charge >= 0.3 is 0 Å². The summed E-state index contributed by atoms with van der Waals surface area (Å²) in [5.41, 5.74) is 2.44. The van der Waals surface area contributed by atoms with Crippen molar-refractivity contribution < 1.29 is 9.84 Å². The molecule has 7 heteroatoms. The quantitative estimate of drug-likeness (QED) is 0.740. The smallest absolute Gasteiger partial charge is 0.172 e. The van der Waals surface area contributed by atoms with Crippen LogP contribution in [0.3, 0.4) is 0 Å². The maximum absolute atomic E-state index is 9.94. The van der Waals surface area contributed by atoms with Crippen LogP contribution in [0.4, 0.5) is 0 Å². The third-order valence-corrected chi connectivity index (χ3v) is 4.51. The molecule has 25 heavy (non-hydrogen) atoms. The summed E-state index contributed by atoms with van der Waals surface area (Å²) < 4.78 is 7.41. The van der Waals surface area contributed by atoms with Gasteiger partial charge in [-0.1, -0.05) is 18.2 Å². The summed E-state index contributed by atoms with van der Waals surface area (Å²) in [7, 11) is 0. The number of nitrogens with one attached hydrogen (secondary N) is 1. The average molecular weight is 335 g/mol. The predicted octanol–water partition coefficient (Wildman–Crippen LogP) is 1.06. The number of rotatable bonds is 4. The number of hydrogen-bond donors (Lipinski definition) is 2. The van der Waals surface area contributed by atoms with Gasteiger partial charge in [0.15, 0.2) is 5.65 Å². The summed E-state index contributed by atoms with van der Waals surface area (Å²) in [4.78, 5) is 4.30. The summed E-state index contributed by atoms with van der Waals surface area (Å²) in [6.45, 7) is 0.880. The minimum absolute atomic E-state index is 0.0304. The van der Waals surface area contributed by atoms with Gasteiger partial charge in [-0.3, -0.25) is 0 Å². The Hall–Kier alpha value is -2.95. The van der Waals surface area contributed by atoms with Gasteiger partial charge in [-0.05, 0) is 18.1 Å². The number of aliphatic hydroxyl groups excluding tert-OH is 1. The van der Waals surface area contributed by atoms with Gasteiger partial charge in [-0.15, -0.1) is 0 Å². The zero-order valence-electron chi connectivity index (χ0n) is 13.5. The third kappa shape index (κ3) is 2.82. The molecule has 0 radical (unpaired) electrons. The second kappa shape index (κ2) is 6.16. The number of benzene rings is 1. The van der Waals surface area contributed by atoms with E-state index in [4.69, 9.17) is 10.00 Å². The molecule has 0 saturated carbocycles. The molecule has 0 bridgehead atoms. The number of aliphatic hydroxyl groups is 1. The first-order valence-corrected chi connectivity index (χ1v) is 8.02. The molecule has 2 aromatic heterocycles. The number of nitrogens with zero attached hydrogens (tertiary/aromatic N) is 4. The van der Waals surface area contributed by atoms with Crippen LogP contribution < -0.4 is 10.1 Å². The molecule has 0 fully saturated rings. The highest BCUT2D eigenvalue weighted by Gasteiger charge is 2.35. The minimum Gasteiger partial charge on any atom is -0.491 e. The molecular formula is C18H17N5O2. The van der Waals surface area contributed by atoms with Crippen LogP contribution >= 0.6 is 0 Å². The standard InChI is InChI=1S/C18H17N5O2/c19-6-15-9-22-23-10-13(7-20-17(15)23)8-21-18(11-24)5-14-3-1-2-4-16(14)25-12-18/h1-4,7,9-10,21,24H,5,8,11-12H2/t18-/m1/s1. The Morgan fingerprint density at radius 3 is 3.08 bits per heavy atom. The van der Waals surface area contributed by atoms with Crippen LogP contribution in [0, 0.1) is 11.3 Å². The number of fused-ring (bicyclic) bond motifs is 2. The predicted molar refractivity (Wildman–Crippen MR) is 90.0 cm³/mol. The Morgan fingerprint density at radius 2 is 2.24 bits per heavy atom. The molecule has 3 heterocycles. The fourth-order valence-corrected chi connectivity index (χ4v) is 3.07. The molecule has 4 rings (SSSR count). The van der Waals surface area contributed by atoms with Gasteiger partial charge in [0, 0.05) is 24.5 Å². The highest BCUT2D eigenvalue weighted by Crippen LogP contribution is 2.29. The summed E-state index contributed by atoms with van der Waals surface area (Å²) in [6, 6.07) is 9.94. The molecule has 126 valence electrons. The molecule has 0 aliphatic carbocycles. The van der Waals surface area contributed by atoms with Crippen molar-refractivity contribution in [2.45, 2.75) is 18.5 Å².